The van der Waals surface area contributed by atoms with Crippen molar-refractivity contribution >= 4 is 22.4 Å². The fourth-order valence-corrected chi connectivity index (χ4v) is 2.96. The molecule has 7 heteroatoms. The predicted octanol–water partition coefficient (Wildman–Crippen LogP) is 1.83. The number of H-pyrrole nitrogens is 1. The zero-order valence-corrected chi connectivity index (χ0v) is 12.9. The Balaban J connectivity index is 1.89. The van der Waals surface area contributed by atoms with E-state index in [0.29, 0.717) is 18.9 Å². The first-order valence-electron chi connectivity index (χ1n) is 7.63. The quantitative estimate of drug-likeness (QED) is 0.750. The van der Waals surface area contributed by atoms with Gasteiger partial charge in [0.2, 0.25) is 0 Å². The molecule has 0 spiro atoms. The van der Waals surface area contributed by atoms with Crippen molar-refractivity contribution in [3.05, 3.63) is 30.6 Å². The first-order chi connectivity index (χ1) is 11.2. The summed E-state index contributed by atoms with van der Waals surface area (Å²) >= 11 is 0. The summed E-state index contributed by atoms with van der Waals surface area (Å²) in [5.41, 5.74) is 9.38. The number of aromatic nitrogens is 4. The van der Waals surface area contributed by atoms with Crippen LogP contribution in [0.1, 0.15) is 6.92 Å². The number of nitrogens with two attached hydrogens (primary N) is 1. The van der Waals surface area contributed by atoms with Crippen molar-refractivity contribution < 1.29 is 4.74 Å². The molecule has 0 bridgehead atoms. The van der Waals surface area contributed by atoms with Gasteiger partial charge in [-0.25, -0.2) is 4.98 Å². The van der Waals surface area contributed by atoms with Crippen LogP contribution in [0.2, 0.25) is 0 Å². The highest BCUT2D eigenvalue weighted by Crippen LogP contribution is 2.31. The standard InChI is InChI=1S/C16H18N6O/c1-10-9-23-7-6-22(10)16-12(17)8-11-2-4-18-15(14(11)20-16)13-3-5-19-21-13/h2-5,8,10H,6-7,9,17H2,1H3,(H,19,21)/t10-/m1/s1. The van der Waals surface area contributed by atoms with E-state index in [1.165, 1.54) is 0 Å². The number of morpholine rings is 1. The Hall–Kier alpha value is -2.67. The van der Waals surface area contributed by atoms with E-state index in [2.05, 4.69) is 27.0 Å². The topological polar surface area (TPSA) is 93.0 Å². The van der Waals surface area contributed by atoms with Crippen molar-refractivity contribution in [2.45, 2.75) is 13.0 Å². The van der Waals surface area contributed by atoms with Gasteiger partial charge in [-0.3, -0.25) is 10.1 Å². The zero-order valence-electron chi connectivity index (χ0n) is 12.9. The Labute approximate surface area is 133 Å². The van der Waals surface area contributed by atoms with Crippen molar-refractivity contribution in [1.29, 1.82) is 0 Å². The van der Waals surface area contributed by atoms with E-state index in [9.17, 15) is 0 Å². The summed E-state index contributed by atoms with van der Waals surface area (Å²) in [5.74, 6) is 0.794. The number of nitrogens with one attached hydrogen (secondary N) is 1. The number of nitrogen functional groups attached to an aromatic ring is 1. The molecule has 1 aliphatic heterocycles. The van der Waals surface area contributed by atoms with E-state index >= 15 is 0 Å². The second-order valence-electron chi connectivity index (χ2n) is 5.72. The van der Waals surface area contributed by atoms with Gasteiger partial charge in [-0.05, 0) is 25.1 Å². The predicted molar refractivity (Wildman–Crippen MR) is 89.2 cm³/mol. The molecule has 4 rings (SSSR count). The zero-order chi connectivity index (χ0) is 15.8. The highest BCUT2D eigenvalue weighted by atomic mass is 16.5. The van der Waals surface area contributed by atoms with Gasteiger partial charge in [0, 0.05) is 24.3 Å². The van der Waals surface area contributed by atoms with Crippen LogP contribution in [0, 0.1) is 0 Å². The lowest BCUT2D eigenvalue weighted by Gasteiger charge is -2.35. The molecule has 3 aromatic heterocycles. The molecule has 1 saturated heterocycles. The molecule has 0 saturated carbocycles. The van der Waals surface area contributed by atoms with Gasteiger partial charge in [0.1, 0.15) is 11.2 Å². The van der Waals surface area contributed by atoms with E-state index in [1.807, 2.05) is 18.2 Å². The Bertz CT molecular complexity index is 832. The van der Waals surface area contributed by atoms with Gasteiger partial charge < -0.3 is 15.4 Å². The molecular formula is C16H18N6O. The number of rotatable bonds is 2. The minimum absolute atomic E-state index is 0.239. The van der Waals surface area contributed by atoms with Gasteiger partial charge in [-0.2, -0.15) is 5.10 Å². The van der Waals surface area contributed by atoms with Crippen molar-refractivity contribution in [2.24, 2.45) is 0 Å². The normalized spacial score (nSPS) is 18.5. The summed E-state index contributed by atoms with van der Waals surface area (Å²) in [7, 11) is 0. The lowest BCUT2D eigenvalue weighted by atomic mass is 10.1. The molecule has 4 heterocycles. The van der Waals surface area contributed by atoms with Crippen molar-refractivity contribution in [1.82, 2.24) is 20.2 Å². The first kappa shape index (κ1) is 14.0. The minimum atomic E-state index is 0.239. The molecule has 7 nitrogen and oxygen atoms in total. The molecule has 3 aromatic rings. The van der Waals surface area contributed by atoms with Gasteiger partial charge in [-0.1, -0.05) is 0 Å². The molecule has 0 unspecified atom stereocenters. The Morgan fingerprint density at radius 3 is 3.04 bits per heavy atom. The summed E-state index contributed by atoms with van der Waals surface area (Å²) < 4.78 is 5.51. The van der Waals surface area contributed by atoms with E-state index in [0.717, 1.165) is 34.7 Å². The number of nitrogens with zero attached hydrogens (tertiary/aromatic N) is 4. The fourth-order valence-electron chi connectivity index (χ4n) is 2.96. The molecule has 1 atom stereocenters. The van der Waals surface area contributed by atoms with Gasteiger partial charge >= 0.3 is 0 Å². The largest absolute Gasteiger partial charge is 0.396 e. The van der Waals surface area contributed by atoms with Crippen LogP contribution in [0.25, 0.3) is 22.3 Å². The molecule has 1 aliphatic rings. The summed E-state index contributed by atoms with van der Waals surface area (Å²) in [4.78, 5) is 11.5. The summed E-state index contributed by atoms with van der Waals surface area (Å²) in [5, 5.41) is 7.92. The third-order valence-corrected chi connectivity index (χ3v) is 4.14. The molecule has 3 N–H and O–H groups in total. The van der Waals surface area contributed by atoms with Crippen LogP contribution < -0.4 is 10.6 Å². The minimum Gasteiger partial charge on any atom is -0.396 e. The molecule has 0 aliphatic carbocycles. The van der Waals surface area contributed by atoms with E-state index in [-0.39, 0.29) is 6.04 Å². The van der Waals surface area contributed by atoms with Crippen LogP contribution in [0.4, 0.5) is 11.5 Å². The van der Waals surface area contributed by atoms with Gasteiger partial charge in [-0.15, -0.1) is 0 Å². The monoisotopic (exact) mass is 310 g/mol. The van der Waals surface area contributed by atoms with Gasteiger partial charge in [0.05, 0.1) is 30.6 Å². The second-order valence-corrected chi connectivity index (χ2v) is 5.72. The maximum Gasteiger partial charge on any atom is 0.153 e. The van der Waals surface area contributed by atoms with Crippen LogP contribution in [0.3, 0.4) is 0 Å². The van der Waals surface area contributed by atoms with Crippen LogP contribution in [0.5, 0.6) is 0 Å². The lowest BCUT2D eigenvalue weighted by molar-refractivity contribution is 0.0986. The van der Waals surface area contributed by atoms with E-state index in [4.69, 9.17) is 15.5 Å². The van der Waals surface area contributed by atoms with Gasteiger partial charge in [0.15, 0.2) is 5.82 Å². The van der Waals surface area contributed by atoms with Crippen LogP contribution >= 0.6 is 0 Å². The smallest absolute Gasteiger partial charge is 0.153 e. The molecule has 0 aromatic carbocycles. The Morgan fingerprint density at radius 1 is 1.35 bits per heavy atom. The lowest BCUT2D eigenvalue weighted by Crippen LogP contribution is -2.44. The van der Waals surface area contributed by atoms with E-state index < -0.39 is 0 Å². The number of pyridine rings is 2. The maximum atomic E-state index is 6.26. The number of hydrogen-bond acceptors (Lipinski definition) is 6. The Kier molecular flexibility index (Phi) is 3.34. The number of aromatic amines is 1. The molecule has 23 heavy (non-hydrogen) atoms. The van der Waals surface area contributed by atoms with Gasteiger partial charge in [0.25, 0.3) is 0 Å². The number of hydrogen-bond donors (Lipinski definition) is 2. The number of ether oxygens (including phenoxy) is 1. The molecule has 0 radical (unpaired) electrons. The van der Waals surface area contributed by atoms with Crippen molar-refractivity contribution in [2.75, 3.05) is 30.4 Å². The van der Waals surface area contributed by atoms with Crippen LogP contribution in [-0.4, -0.2) is 46.0 Å². The summed E-state index contributed by atoms with van der Waals surface area (Å²) in [6.45, 7) is 4.26. The Morgan fingerprint density at radius 2 is 2.26 bits per heavy atom. The number of anilines is 2. The van der Waals surface area contributed by atoms with Crippen LogP contribution in [-0.2, 0) is 4.74 Å². The molecular weight excluding hydrogens is 292 g/mol. The molecule has 1 fully saturated rings. The molecule has 0 amide bonds. The average molecular weight is 310 g/mol. The summed E-state index contributed by atoms with van der Waals surface area (Å²) in [6, 6.07) is 6.01. The SMILES string of the molecule is C[C@@H]1COCCN1c1nc2c(-c3ccn[nH]3)nccc2cc1N. The number of fused-ring (bicyclic) bond motifs is 1. The van der Waals surface area contributed by atoms with Crippen LogP contribution in [0.15, 0.2) is 30.6 Å². The highest BCUT2D eigenvalue weighted by molar-refractivity contribution is 5.94. The third kappa shape index (κ3) is 2.39. The summed E-state index contributed by atoms with van der Waals surface area (Å²) in [6.07, 6.45) is 3.47. The third-order valence-electron chi connectivity index (χ3n) is 4.14. The average Bonchev–Trinajstić information content (AvgIpc) is 3.08. The molecule has 118 valence electrons. The van der Waals surface area contributed by atoms with Crippen molar-refractivity contribution in [3.63, 3.8) is 0 Å². The maximum absolute atomic E-state index is 6.26. The van der Waals surface area contributed by atoms with E-state index in [1.54, 1.807) is 12.4 Å². The fraction of sp³-hybridized carbons (Fsp3) is 0.312. The second kappa shape index (κ2) is 5.51. The van der Waals surface area contributed by atoms with Crippen molar-refractivity contribution in [3.8, 4) is 11.4 Å². The first-order valence-corrected chi connectivity index (χ1v) is 7.63. The highest BCUT2D eigenvalue weighted by Gasteiger charge is 2.23.